The lowest BCUT2D eigenvalue weighted by molar-refractivity contribution is -0.110. The van der Waals surface area contributed by atoms with Gasteiger partial charge in [0.1, 0.15) is 0 Å². The van der Waals surface area contributed by atoms with Crippen molar-refractivity contribution in [3.05, 3.63) is 57.5 Å². The van der Waals surface area contributed by atoms with Gasteiger partial charge in [-0.3, -0.25) is 9.59 Å². The molecular weight excluding hydrogens is 426 g/mol. The Morgan fingerprint density at radius 1 is 1.18 bits per heavy atom. The van der Waals surface area contributed by atoms with E-state index in [1.54, 1.807) is 0 Å². The Kier molecular flexibility index (Phi) is 6.93. The van der Waals surface area contributed by atoms with Gasteiger partial charge in [0.05, 0.1) is 16.8 Å². The Labute approximate surface area is 201 Å². The lowest BCUT2D eigenvalue weighted by Gasteiger charge is -2.18. The molecule has 0 spiro atoms. The number of nitrogens with zero attached hydrogens (tertiary/aromatic N) is 1. The first-order valence-corrected chi connectivity index (χ1v) is 12.1. The highest BCUT2D eigenvalue weighted by Crippen LogP contribution is 2.37. The number of carbonyl (C=O) groups excluding carboxylic acids is 2. The minimum Gasteiger partial charge on any atom is -0.359 e. The van der Waals surface area contributed by atoms with E-state index in [2.05, 4.69) is 46.6 Å². The number of fused-ring (bicyclic) bond motifs is 1. The fourth-order valence-electron chi connectivity index (χ4n) is 4.52. The van der Waals surface area contributed by atoms with E-state index >= 15 is 0 Å². The highest BCUT2D eigenvalue weighted by Gasteiger charge is 2.26. The summed E-state index contributed by atoms with van der Waals surface area (Å²) in [5.74, 6) is -0.225. The molecular formula is C27H35N5O2. The van der Waals surface area contributed by atoms with Crippen molar-refractivity contribution in [2.45, 2.75) is 47.5 Å². The normalized spacial score (nSPS) is 15.5. The summed E-state index contributed by atoms with van der Waals surface area (Å²) in [5, 5.41) is 9.44. The summed E-state index contributed by atoms with van der Waals surface area (Å²) in [6.45, 7) is 13.5. The van der Waals surface area contributed by atoms with Crippen LogP contribution in [-0.2, 0) is 4.79 Å². The van der Waals surface area contributed by atoms with Gasteiger partial charge in [-0.25, -0.2) is 0 Å². The molecule has 0 bridgehead atoms. The fourth-order valence-corrected chi connectivity index (χ4v) is 4.52. The second-order valence-corrected chi connectivity index (χ2v) is 9.07. The van der Waals surface area contributed by atoms with Crippen molar-refractivity contribution in [1.29, 1.82) is 0 Å². The molecule has 1 aromatic carbocycles. The van der Waals surface area contributed by atoms with Crippen LogP contribution in [0.25, 0.3) is 11.6 Å². The van der Waals surface area contributed by atoms with Crippen LogP contribution in [0.3, 0.4) is 0 Å². The van der Waals surface area contributed by atoms with Crippen molar-refractivity contribution in [3.63, 3.8) is 0 Å². The smallest absolute Gasteiger partial charge is 0.256 e. The molecule has 1 aromatic heterocycles. The second-order valence-electron chi connectivity index (χ2n) is 9.07. The number of H-pyrrole nitrogens is 1. The van der Waals surface area contributed by atoms with Crippen LogP contribution in [0.15, 0.2) is 29.5 Å². The van der Waals surface area contributed by atoms with E-state index in [4.69, 9.17) is 0 Å². The number of benzene rings is 1. The molecule has 7 heteroatoms. The van der Waals surface area contributed by atoms with Gasteiger partial charge in [-0.2, -0.15) is 0 Å². The summed E-state index contributed by atoms with van der Waals surface area (Å²) in [4.78, 5) is 31.2. The van der Waals surface area contributed by atoms with E-state index in [0.717, 1.165) is 66.4 Å². The zero-order valence-electron chi connectivity index (χ0n) is 20.8. The Bertz CT molecular complexity index is 1180. The molecule has 0 unspecified atom stereocenters. The van der Waals surface area contributed by atoms with Gasteiger partial charge in [-0.05, 0) is 70.5 Å². The Hall–Kier alpha value is -3.32. The topological polar surface area (TPSA) is 89.3 Å². The molecule has 1 fully saturated rings. The number of aryl methyl sites for hydroxylation is 1. The number of carbonyl (C=O) groups is 2. The number of aromatic amines is 1. The van der Waals surface area contributed by atoms with Crippen LogP contribution in [0, 0.1) is 13.8 Å². The molecule has 1 aliphatic heterocycles. The first-order valence-electron chi connectivity index (χ1n) is 12.1. The predicted molar refractivity (Wildman–Crippen MR) is 139 cm³/mol. The number of rotatable bonds is 9. The summed E-state index contributed by atoms with van der Waals surface area (Å²) in [7, 11) is 0. The van der Waals surface area contributed by atoms with Crippen molar-refractivity contribution in [1.82, 2.24) is 15.2 Å². The molecule has 34 heavy (non-hydrogen) atoms. The molecule has 4 N–H and O–H groups in total. The minimum atomic E-state index is -0.138. The zero-order chi connectivity index (χ0) is 24.4. The molecule has 2 aliphatic rings. The van der Waals surface area contributed by atoms with Gasteiger partial charge in [0, 0.05) is 41.4 Å². The number of aromatic nitrogens is 1. The van der Waals surface area contributed by atoms with Gasteiger partial charge in [0.15, 0.2) is 0 Å². The van der Waals surface area contributed by atoms with Crippen LogP contribution in [0.2, 0.25) is 0 Å². The molecule has 180 valence electrons. The van der Waals surface area contributed by atoms with E-state index in [-0.39, 0.29) is 11.8 Å². The molecule has 1 saturated carbocycles. The van der Waals surface area contributed by atoms with Crippen LogP contribution < -0.4 is 16.0 Å². The fraction of sp³-hybridized carbons (Fsp3) is 0.407. The molecule has 0 saturated heterocycles. The molecule has 2 aromatic rings. The third-order valence-corrected chi connectivity index (χ3v) is 6.76. The summed E-state index contributed by atoms with van der Waals surface area (Å²) in [6.07, 6.45) is 4.18. The summed E-state index contributed by atoms with van der Waals surface area (Å²) in [5.41, 5.74) is 8.94. The Morgan fingerprint density at radius 2 is 1.91 bits per heavy atom. The van der Waals surface area contributed by atoms with E-state index in [0.29, 0.717) is 17.7 Å². The van der Waals surface area contributed by atoms with Crippen LogP contribution >= 0.6 is 0 Å². The number of likely N-dealkylation sites (N-methyl/N-ethyl adjacent to an activating group) is 1. The maximum Gasteiger partial charge on any atom is 0.256 e. The average molecular weight is 462 g/mol. The zero-order valence-corrected chi connectivity index (χ0v) is 20.8. The minimum absolute atomic E-state index is 0.0878. The predicted octanol–water partition coefficient (Wildman–Crippen LogP) is 4.68. The molecule has 1 aliphatic carbocycles. The molecule has 2 heterocycles. The van der Waals surface area contributed by atoms with Gasteiger partial charge < -0.3 is 25.8 Å². The quantitative estimate of drug-likeness (QED) is 0.409. The van der Waals surface area contributed by atoms with Gasteiger partial charge in [0.2, 0.25) is 0 Å². The maximum absolute atomic E-state index is 12.9. The molecule has 4 rings (SSSR count). The molecule has 0 radical (unpaired) electrons. The Balaban J connectivity index is 1.53. The highest BCUT2D eigenvalue weighted by atomic mass is 16.2. The van der Waals surface area contributed by atoms with Crippen molar-refractivity contribution in [3.8, 4) is 0 Å². The third kappa shape index (κ3) is 4.94. The van der Waals surface area contributed by atoms with E-state index in [1.165, 1.54) is 11.3 Å². The van der Waals surface area contributed by atoms with Crippen molar-refractivity contribution < 1.29 is 9.59 Å². The largest absolute Gasteiger partial charge is 0.359 e. The van der Waals surface area contributed by atoms with Crippen LogP contribution in [0.5, 0.6) is 0 Å². The lowest BCUT2D eigenvalue weighted by Crippen LogP contribution is -2.35. The second kappa shape index (κ2) is 9.89. The van der Waals surface area contributed by atoms with E-state index in [1.807, 2.05) is 38.1 Å². The maximum atomic E-state index is 12.9. The number of hydrogen-bond donors (Lipinski definition) is 4. The molecule has 2 amide bonds. The monoisotopic (exact) mass is 461 g/mol. The number of anilines is 2. The van der Waals surface area contributed by atoms with Gasteiger partial charge >= 0.3 is 0 Å². The number of amides is 2. The standard InChI is InChI=1S/C27H35N5O2/c1-6-32(7-2)13-12-28-27(34)25-16(3)23(30-18(25)5)15-22-21-11-10-20(14-24(21)31-26(22)33)29-17(4)19-8-9-19/h10-11,14-15,29-30H,6-9,12-13H2,1-5H3,(H,28,34)(H,31,33)/b22-15-. The van der Waals surface area contributed by atoms with Gasteiger partial charge in [-0.1, -0.05) is 25.5 Å². The van der Waals surface area contributed by atoms with Crippen molar-refractivity contribution >= 4 is 34.8 Å². The van der Waals surface area contributed by atoms with Gasteiger partial charge in [-0.15, -0.1) is 0 Å². The SMILES string of the molecule is CCN(CC)CCNC(=O)c1c(C)[nH]c(/C=C2\C(=O)Nc3cc(NC(C)=C4CC4)ccc32)c1C. The van der Waals surface area contributed by atoms with Crippen LogP contribution in [0.4, 0.5) is 11.4 Å². The number of allylic oxidation sites excluding steroid dienone is 2. The highest BCUT2D eigenvalue weighted by molar-refractivity contribution is 6.35. The van der Waals surface area contributed by atoms with E-state index in [9.17, 15) is 9.59 Å². The van der Waals surface area contributed by atoms with E-state index < -0.39 is 0 Å². The van der Waals surface area contributed by atoms with Crippen molar-refractivity contribution in [2.75, 3.05) is 36.8 Å². The Morgan fingerprint density at radius 3 is 2.59 bits per heavy atom. The average Bonchev–Trinajstić information content (AvgIpc) is 3.56. The third-order valence-electron chi connectivity index (χ3n) is 6.76. The molecule has 0 atom stereocenters. The number of nitrogens with one attached hydrogen (secondary N) is 4. The first kappa shape index (κ1) is 23.8. The first-order chi connectivity index (χ1) is 16.3. The lowest BCUT2D eigenvalue weighted by atomic mass is 10.0. The van der Waals surface area contributed by atoms with Crippen LogP contribution in [0.1, 0.15) is 66.5 Å². The van der Waals surface area contributed by atoms with Crippen LogP contribution in [-0.4, -0.2) is 47.9 Å². The van der Waals surface area contributed by atoms with Crippen molar-refractivity contribution in [2.24, 2.45) is 0 Å². The summed E-state index contributed by atoms with van der Waals surface area (Å²) < 4.78 is 0. The molecule has 7 nitrogen and oxygen atoms in total. The van der Waals surface area contributed by atoms with Gasteiger partial charge in [0.25, 0.3) is 11.8 Å². The summed E-state index contributed by atoms with van der Waals surface area (Å²) in [6, 6.07) is 5.95. The number of hydrogen-bond acceptors (Lipinski definition) is 4. The summed E-state index contributed by atoms with van der Waals surface area (Å²) >= 11 is 0.